The number of hydrogen-bond acceptors (Lipinski definition) is 4. The first-order valence-electron chi connectivity index (χ1n) is 7.90. The fourth-order valence-electron chi connectivity index (χ4n) is 2.64. The number of nitrogens with one attached hydrogen (secondary N) is 1. The first-order chi connectivity index (χ1) is 11.0. The average molecular weight is 322 g/mol. The summed E-state index contributed by atoms with van der Waals surface area (Å²) in [6, 6.07) is -0.0868. The smallest absolute Gasteiger partial charge is 0.317 e. The summed E-state index contributed by atoms with van der Waals surface area (Å²) in [5.74, 6) is 0.134. The van der Waals surface area contributed by atoms with Crippen molar-refractivity contribution in [2.45, 2.75) is 13.5 Å². The fourth-order valence-corrected chi connectivity index (χ4v) is 2.64. The second-order valence-electron chi connectivity index (χ2n) is 5.96. The van der Waals surface area contributed by atoms with Crippen LogP contribution in [-0.4, -0.2) is 82.7 Å². The Morgan fingerprint density at radius 2 is 2.00 bits per heavy atom. The maximum absolute atomic E-state index is 12.1. The maximum Gasteiger partial charge on any atom is 0.317 e. The molecular formula is C15H26N6O2. The molecule has 128 valence electrons. The van der Waals surface area contributed by atoms with Gasteiger partial charge in [-0.25, -0.2) is 4.79 Å². The van der Waals surface area contributed by atoms with E-state index in [1.807, 2.05) is 18.1 Å². The number of rotatable bonds is 5. The molecule has 1 aliphatic rings. The standard InChI is InChI=1S/C15H26N6O2/c1-13(22)21-8-6-20(7-9-21)5-4-16-15(23)18(2)11-14-10-17-19(3)12-14/h10,12H,4-9,11H2,1-3H3,(H,16,23). The molecule has 8 heteroatoms. The molecule has 1 aromatic heterocycles. The minimum Gasteiger partial charge on any atom is -0.340 e. The summed E-state index contributed by atoms with van der Waals surface area (Å²) in [6.07, 6.45) is 3.66. The molecule has 0 aliphatic carbocycles. The minimum atomic E-state index is -0.0868. The normalized spacial score (nSPS) is 15.5. The maximum atomic E-state index is 12.1. The number of hydrogen-bond donors (Lipinski definition) is 1. The molecule has 0 aromatic carbocycles. The summed E-state index contributed by atoms with van der Waals surface area (Å²) < 4.78 is 1.72. The molecule has 1 fully saturated rings. The molecule has 1 N–H and O–H groups in total. The van der Waals surface area contributed by atoms with Crippen LogP contribution in [0.25, 0.3) is 0 Å². The van der Waals surface area contributed by atoms with E-state index in [0.717, 1.165) is 38.3 Å². The van der Waals surface area contributed by atoms with E-state index in [-0.39, 0.29) is 11.9 Å². The van der Waals surface area contributed by atoms with Crippen LogP contribution < -0.4 is 5.32 Å². The van der Waals surface area contributed by atoms with Crippen molar-refractivity contribution in [1.29, 1.82) is 0 Å². The van der Waals surface area contributed by atoms with Gasteiger partial charge in [0.25, 0.3) is 0 Å². The predicted molar refractivity (Wildman–Crippen MR) is 86.8 cm³/mol. The summed E-state index contributed by atoms with van der Waals surface area (Å²) in [5.41, 5.74) is 1.01. The summed E-state index contributed by atoms with van der Waals surface area (Å²) in [4.78, 5) is 29.1. The van der Waals surface area contributed by atoms with Crippen LogP contribution in [0.1, 0.15) is 12.5 Å². The van der Waals surface area contributed by atoms with E-state index < -0.39 is 0 Å². The van der Waals surface area contributed by atoms with Crippen LogP contribution in [0, 0.1) is 0 Å². The summed E-state index contributed by atoms with van der Waals surface area (Å²) in [7, 11) is 3.63. The Labute approximate surface area is 137 Å². The monoisotopic (exact) mass is 322 g/mol. The lowest BCUT2D eigenvalue weighted by Gasteiger charge is -2.34. The van der Waals surface area contributed by atoms with Crippen molar-refractivity contribution in [3.63, 3.8) is 0 Å². The lowest BCUT2D eigenvalue weighted by molar-refractivity contribution is -0.130. The number of nitrogens with zero attached hydrogens (tertiary/aromatic N) is 5. The van der Waals surface area contributed by atoms with Crippen molar-refractivity contribution in [2.75, 3.05) is 46.3 Å². The zero-order valence-electron chi connectivity index (χ0n) is 14.2. The molecule has 0 spiro atoms. The zero-order valence-corrected chi connectivity index (χ0v) is 14.2. The van der Waals surface area contributed by atoms with Gasteiger partial charge in [0, 0.05) is 72.0 Å². The van der Waals surface area contributed by atoms with E-state index in [0.29, 0.717) is 13.1 Å². The largest absolute Gasteiger partial charge is 0.340 e. The van der Waals surface area contributed by atoms with E-state index >= 15 is 0 Å². The number of piperazine rings is 1. The van der Waals surface area contributed by atoms with Gasteiger partial charge in [0.2, 0.25) is 5.91 Å². The highest BCUT2D eigenvalue weighted by atomic mass is 16.2. The highest BCUT2D eigenvalue weighted by Gasteiger charge is 2.18. The van der Waals surface area contributed by atoms with E-state index in [4.69, 9.17) is 0 Å². The molecule has 0 unspecified atom stereocenters. The molecule has 0 radical (unpaired) electrons. The lowest BCUT2D eigenvalue weighted by atomic mass is 10.3. The van der Waals surface area contributed by atoms with Gasteiger partial charge in [0.1, 0.15) is 0 Å². The Morgan fingerprint density at radius 1 is 1.30 bits per heavy atom. The third kappa shape index (κ3) is 5.24. The van der Waals surface area contributed by atoms with Crippen LogP contribution in [0.5, 0.6) is 0 Å². The quantitative estimate of drug-likeness (QED) is 0.810. The van der Waals surface area contributed by atoms with E-state index in [1.165, 1.54) is 0 Å². The van der Waals surface area contributed by atoms with Crippen molar-refractivity contribution in [2.24, 2.45) is 7.05 Å². The number of aromatic nitrogens is 2. The van der Waals surface area contributed by atoms with Gasteiger partial charge < -0.3 is 15.1 Å². The number of amides is 3. The van der Waals surface area contributed by atoms with Gasteiger partial charge in [0.05, 0.1) is 12.7 Å². The van der Waals surface area contributed by atoms with Crippen LogP contribution in [0.2, 0.25) is 0 Å². The van der Waals surface area contributed by atoms with Crippen molar-refractivity contribution in [1.82, 2.24) is 29.8 Å². The Bertz CT molecular complexity index is 536. The van der Waals surface area contributed by atoms with Gasteiger partial charge in [0.15, 0.2) is 0 Å². The highest BCUT2D eigenvalue weighted by molar-refractivity contribution is 5.74. The van der Waals surface area contributed by atoms with Gasteiger partial charge >= 0.3 is 6.03 Å². The molecule has 1 aromatic rings. The number of aryl methyl sites for hydroxylation is 1. The van der Waals surface area contributed by atoms with Crippen LogP contribution in [0.4, 0.5) is 4.79 Å². The molecule has 8 nitrogen and oxygen atoms in total. The van der Waals surface area contributed by atoms with Gasteiger partial charge in [-0.1, -0.05) is 0 Å². The zero-order chi connectivity index (χ0) is 16.8. The van der Waals surface area contributed by atoms with Crippen molar-refractivity contribution in [3.8, 4) is 0 Å². The molecule has 2 heterocycles. The summed E-state index contributed by atoms with van der Waals surface area (Å²) in [6.45, 7) is 6.82. The van der Waals surface area contributed by atoms with Crippen LogP contribution in [-0.2, 0) is 18.4 Å². The topological polar surface area (TPSA) is 73.7 Å². The van der Waals surface area contributed by atoms with Crippen molar-refractivity contribution >= 4 is 11.9 Å². The molecular weight excluding hydrogens is 296 g/mol. The van der Waals surface area contributed by atoms with Gasteiger partial charge in [-0.05, 0) is 0 Å². The predicted octanol–water partition coefficient (Wildman–Crippen LogP) is -0.274. The first-order valence-corrected chi connectivity index (χ1v) is 7.90. The number of urea groups is 1. The SMILES string of the molecule is CC(=O)N1CCN(CCNC(=O)N(C)Cc2cnn(C)c2)CC1. The molecule has 1 aliphatic heterocycles. The Hall–Kier alpha value is -2.09. The van der Waals surface area contributed by atoms with Gasteiger partial charge in [-0.15, -0.1) is 0 Å². The molecule has 2 rings (SSSR count). The summed E-state index contributed by atoms with van der Waals surface area (Å²) in [5, 5.41) is 7.02. The Kier molecular flexibility index (Phi) is 5.97. The first kappa shape index (κ1) is 17.3. The molecule has 0 bridgehead atoms. The van der Waals surface area contributed by atoms with E-state index in [1.54, 1.807) is 29.7 Å². The highest BCUT2D eigenvalue weighted by Crippen LogP contribution is 2.02. The van der Waals surface area contributed by atoms with Crippen molar-refractivity contribution < 1.29 is 9.59 Å². The van der Waals surface area contributed by atoms with Crippen LogP contribution in [0.15, 0.2) is 12.4 Å². The molecule has 0 saturated carbocycles. The van der Waals surface area contributed by atoms with Crippen LogP contribution >= 0.6 is 0 Å². The molecule has 1 saturated heterocycles. The Morgan fingerprint density at radius 3 is 2.57 bits per heavy atom. The summed E-state index contributed by atoms with van der Waals surface area (Å²) >= 11 is 0. The third-order valence-electron chi connectivity index (χ3n) is 4.05. The van der Waals surface area contributed by atoms with Crippen LogP contribution in [0.3, 0.4) is 0 Å². The number of carbonyl (C=O) groups excluding carboxylic acids is 2. The second kappa shape index (κ2) is 7.96. The van der Waals surface area contributed by atoms with Gasteiger partial charge in [-0.3, -0.25) is 14.4 Å². The third-order valence-corrected chi connectivity index (χ3v) is 4.05. The van der Waals surface area contributed by atoms with E-state index in [9.17, 15) is 9.59 Å². The molecule has 3 amide bonds. The molecule has 0 atom stereocenters. The minimum absolute atomic E-state index is 0.0868. The second-order valence-corrected chi connectivity index (χ2v) is 5.96. The fraction of sp³-hybridized carbons (Fsp3) is 0.667. The van der Waals surface area contributed by atoms with E-state index in [2.05, 4.69) is 15.3 Å². The average Bonchev–Trinajstić information content (AvgIpc) is 2.92. The van der Waals surface area contributed by atoms with Gasteiger partial charge in [-0.2, -0.15) is 5.10 Å². The lowest BCUT2D eigenvalue weighted by Crippen LogP contribution is -2.50. The number of carbonyl (C=O) groups is 2. The van der Waals surface area contributed by atoms with Crippen molar-refractivity contribution in [3.05, 3.63) is 18.0 Å². The molecule has 23 heavy (non-hydrogen) atoms. The Balaban J connectivity index is 1.64.